The number of rotatable bonds is 4. The van der Waals surface area contributed by atoms with Crippen LogP contribution in [0.1, 0.15) is 24.4 Å². The van der Waals surface area contributed by atoms with Gasteiger partial charge in [0.15, 0.2) is 5.65 Å². The first kappa shape index (κ1) is 14.0. The van der Waals surface area contributed by atoms with E-state index in [9.17, 15) is 4.39 Å². The fourth-order valence-electron chi connectivity index (χ4n) is 2.60. The van der Waals surface area contributed by atoms with Crippen LogP contribution >= 0.6 is 11.6 Å². The number of aromatic nitrogens is 3. The molecule has 0 saturated carbocycles. The Balaban J connectivity index is 2.18. The normalized spacial score (nSPS) is 12.7. The molecular weight excluding hydrogens is 289 g/mol. The molecule has 0 aliphatic heterocycles. The van der Waals surface area contributed by atoms with Gasteiger partial charge in [-0.3, -0.25) is 0 Å². The van der Waals surface area contributed by atoms with Crippen LogP contribution in [-0.4, -0.2) is 20.4 Å². The van der Waals surface area contributed by atoms with Crippen LogP contribution in [0.25, 0.3) is 11.2 Å². The first-order valence-electron chi connectivity index (χ1n) is 6.84. The fourth-order valence-corrected chi connectivity index (χ4v) is 2.77. The van der Waals surface area contributed by atoms with Crippen LogP contribution in [-0.2, 0) is 6.42 Å². The van der Waals surface area contributed by atoms with Crippen molar-refractivity contribution in [1.82, 2.24) is 14.5 Å². The maximum Gasteiger partial charge on any atom is 0.160 e. The molecule has 3 nitrogen and oxygen atoms in total. The summed E-state index contributed by atoms with van der Waals surface area (Å²) in [6.45, 7) is 1.95. The molecule has 0 N–H and O–H groups in total. The molecule has 1 atom stereocenters. The first-order valence-corrected chi connectivity index (χ1v) is 7.38. The van der Waals surface area contributed by atoms with Gasteiger partial charge in [0.1, 0.15) is 17.2 Å². The second kappa shape index (κ2) is 5.82. The predicted molar refractivity (Wildman–Crippen MR) is 82.2 cm³/mol. The lowest BCUT2D eigenvalue weighted by atomic mass is 10.1. The van der Waals surface area contributed by atoms with E-state index in [1.807, 2.05) is 29.7 Å². The van der Waals surface area contributed by atoms with Crippen molar-refractivity contribution in [3.8, 4) is 0 Å². The Labute approximate surface area is 127 Å². The van der Waals surface area contributed by atoms with Gasteiger partial charge in [-0.2, -0.15) is 0 Å². The van der Waals surface area contributed by atoms with E-state index >= 15 is 0 Å². The number of alkyl halides is 1. The zero-order valence-corrected chi connectivity index (χ0v) is 12.4. The van der Waals surface area contributed by atoms with E-state index in [1.165, 1.54) is 6.07 Å². The first-order chi connectivity index (χ1) is 10.2. The van der Waals surface area contributed by atoms with Crippen molar-refractivity contribution in [3.63, 3.8) is 0 Å². The van der Waals surface area contributed by atoms with Gasteiger partial charge in [0.25, 0.3) is 0 Å². The molecule has 2 aromatic heterocycles. The average molecular weight is 304 g/mol. The lowest BCUT2D eigenvalue weighted by molar-refractivity contribution is 0.551. The van der Waals surface area contributed by atoms with Gasteiger partial charge >= 0.3 is 0 Å². The average Bonchev–Trinajstić information content (AvgIpc) is 2.85. The van der Waals surface area contributed by atoms with Crippen LogP contribution in [0.5, 0.6) is 0 Å². The van der Waals surface area contributed by atoms with E-state index in [-0.39, 0.29) is 11.9 Å². The number of hydrogen-bond donors (Lipinski definition) is 0. The van der Waals surface area contributed by atoms with Gasteiger partial charge in [-0.1, -0.05) is 18.2 Å². The van der Waals surface area contributed by atoms with Crippen molar-refractivity contribution in [2.75, 3.05) is 5.88 Å². The number of aryl methyl sites for hydroxylation is 1. The van der Waals surface area contributed by atoms with Crippen LogP contribution in [0, 0.1) is 5.82 Å². The molecule has 5 heteroatoms. The number of benzene rings is 1. The van der Waals surface area contributed by atoms with Crippen molar-refractivity contribution in [1.29, 1.82) is 0 Å². The summed E-state index contributed by atoms with van der Waals surface area (Å²) < 4.78 is 16.0. The maximum atomic E-state index is 14.1. The molecule has 0 saturated heterocycles. The molecule has 0 fully saturated rings. The van der Waals surface area contributed by atoms with E-state index in [0.29, 0.717) is 17.9 Å². The Bertz CT molecular complexity index is 769. The second-order valence-corrected chi connectivity index (χ2v) is 5.26. The molecule has 0 bridgehead atoms. The predicted octanol–water partition coefficient (Wildman–Crippen LogP) is 3.96. The summed E-state index contributed by atoms with van der Waals surface area (Å²) in [4.78, 5) is 8.97. The quantitative estimate of drug-likeness (QED) is 0.683. The Morgan fingerprint density at radius 2 is 2.05 bits per heavy atom. The van der Waals surface area contributed by atoms with Crippen LogP contribution in [0.15, 0.2) is 42.6 Å². The topological polar surface area (TPSA) is 30.7 Å². The molecule has 3 aromatic rings. The standard InChI is InChI=1S/C16H15ClFN3/c1-11(12-5-2-3-6-13(12)18)21-15(8-9-17)20-14-7-4-10-19-16(14)21/h2-7,10-11H,8-9H2,1H3. The number of pyridine rings is 1. The van der Waals surface area contributed by atoms with E-state index in [2.05, 4.69) is 9.97 Å². The third-order valence-electron chi connectivity index (χ3n) is 3.58. The van der Waals surface area contributed by atoms with Crippen molar-refractivity contribution in [2.24, 2.45) is 0 Å². The van der Waals surface area contributed by atoms with Gasteiger partial charge in [0, 0.05) is 24.1 Å². The van der Waals surface area contributed by atoms with E-state index in [4.69, 9.17) is 11.6 Å². The summed E-state index contributed by atoms with van der Waals surface area (Å²) in [6, 6.07) is 10.4. The van der Waals surface area contributed by atoms with E-state index in [0.717, 1.165) is 17.0 Å². The van der Waals surface area contributed by atoms with Crippen molar-refractivity contribution in [3.05, 3.63) is 59.8 Å². The number of halogens is 2. The molecule has 21 heavy (non-hydrogen) atoms. The summed E-state index contributed by atoms with van der Waals surface area (Å²) in [7, 11) is 0. The Morgan fingerprint density at radius 1 is 1.24 bits per heavy atom. The third kappa shape index (κ3) is 2.51. The van der Waals surface area contributed by atoms with Gasteiger partial charge < -0.3 is 4.57 Å². The Kier molecular flexibility index (Phi) is 3.88. The van der Waals surface area contributed by atoms with Crippen molar-refractivity contribution in [2.45, 2.75) is 19.4 Å². The van der Waals surface area contributed by atoms with E-state index < -0.39 is 0 Å². The number of nitrogens with zero attached hydrogens (tertiary/aromatic N) is 3. The van der Waals surface area contributed by atoms with E-state index in [1.54, 1.807) is 18.3 Å². The summed E-state index contributed by atoms with van der Waals surface area (Å²) in [5.41, 5.74) is 2.19. The number of imidazole rings is 1. The second-order valence-electron chi connectivity index (χ2n) is 4.88. The molecule has 0 spiro atoms. The van der Waals surface area contributed by atoms with Crippen molar-refractivity contribution >= 4 is 22.8 Å². The number of hydrogen-bond acceptors (Lipinski definition) is 2. The highest BCUT2D eigenvalue weighted by molar-refractivity contribution is 6.17. The molecule has 2 heterocycles. The smallest absolute Gasteiger partial charge is 0.160 e. The van der Waals surface area contributed by atoms with Crippen LogP contribution < -0.4 is 0 Å². The Hall–Kier alpha value is -1.94. The van der Waals surface area contributed by atoms with Crippen molar-refractivity contribution < 1.29 is 4.39 Å². The lowest BCUT2D eigenvalue weighted by Gasteiger charge is -2.18. The van der Waals surface area contributed by atoms with Gasteiger partial charge in [-0.05, 0) is 25.1 Å². The monoisotopic (exact) mass is 303 g/mol. The summed E-state index contributed by atoms with van der Waals surface area (Å²) in [6.07, 6.45) is 2.34. The fraction of sp³-hybridized carbons (Fsp3) is 0.250. The van der Waals surface area contributed by atoms with Crippen LogP contribution in [0.3, 0.4) is 0 Å². The molecule has 1 unspecified atom stereocenters. The Morgan fingerprint density at radius 3 is 2.81 bits per heavy atom. The minimum atomic E-state index is -0.223. The highest BCUT2D eigenvalue weighted by Gasteiger charge is 2.19. The molecule has 3 rings (SSSR count). The summed E-state index contributed by atoms with van der Waals surface area (Å²) >= 11 is 5.87. The van der Waals surface area contributed by atoms with Gasteiger partial charge in [-0.25, -0.2) is 14.4 Å². The van der Waals surface area contributed by atoms with Gasteiger partial charge in [0.2, 0.25) is 0 Å². The molecule has 0 amide bonds. The molecule has 0 radical (unpaired) electrons. The SMILES string of the molecule is CC(c1ccccc1F)n1c(CCCl)nc2cccnc21. The zero-order valence-electron chi connectivity index (χ0n) is 11.6. The highest BCUT2D eigenvalue weighted by Crippen LogP contribution is 2.26. The number of fused-ring (bicyclic) bond motifs is 1. The van der Waals surface area contributed by atoms with Crippen LogP contribution in [0.2, 0.25) is 0 Å². The molecule has 0 aliphatic carbocycles. The minimum absolute atomic E-state index is 0.190. The lowest BCUT2D eigenvalue weighted by Crippen LogP contribution is -2.13. The third-order valence-corrected chi connectivity index (χ3v) is 3.77. The van der Waals surface area contributed by atoms with Crippen LogP contribution in [0.4, 0.5) is 4.39 Å². The van der Waals surface area contributed by atoms with Gasteiger partial charge in [-0.15, -0.1) is 11.6 Å². The van der Waals surface area contributed by atoms with Gasteiger partial charge in [0.05, 0.1) is 6.04 Å². The maximum absolute atomic E-state index is 14.1. The molecule has 1 aromatic carbocycles. The summed E-state index contributed by atoms with van der Waals surface area (Å²) in [5, 5.41) is 0. The molecule has 108 valence electrons. The molecular formula is C16H15ClFN3. The minimum Gasteiger partial charge on any atom is -0.305 e. The molecule has 0 aliphatic rings. The zero-order chi connectivity index (χ0) is 14.8. The summed E-state index contributed by atoms with van der Waals surface area (Å²) in [5.74, 6) is 1.07. The largest absolute Gasteiger partial charge is 0.305 e. The highest BCUT2D eigenvalue weighted by atomic mass is 35.5.